The van der Waals surface area contributed by atoms with Crippen molar-refractivity contribution in [3.05, 3.63) is 70.8 Å². The maximum atomic E-state index is 12.2. The van der Waals surface area contributed by atoms with E-state index in [1.165, 1.54) is 6.08 Å². The molecule has 2 amide bonds. The van der Waals surface area contributed by atoms with Crippen molar-refractivity contribution in [3.63, 3.8) is 0 Å². The molecule has 0 spiro atoms. The summed E-state index contributed by atoms with van der Waals surface area (Å²) in [5.74, 6) is -1.41. The Balaban J connectivity index is 1.50. The number of hydrogen-bond acceptors (Lipinski definition) is 4. The van der Waals surface area contributed by atoms with Crippen LogP contribution in [-0.4, -0.2) is 30.4 Å². The van der Waals surface area contributed by atoms with E-state index in [0.29, 0.717) is 16.3 Å². The highest BCUT2D eigenvalue weighted by atomic mass is 35.5. The average Bonchev–Trinajstić information content (AvgIpc) is 3.50. The first kappa shape index (κ1) is 19.6. The zero-order valence-corrected chi connectivity index (χ0v) is 15.7. The Hall–Kier alpha value is -3.12. The number of hydrogen-bond donors (Lipinski definition) is 2. The van der Waals surface area contributed by atoms with Crippen molar-refractivity contribution in [1.82, 2.24) is 5.32 Å². The number of anilines is 1. The van der Waals surface area contributed by atoms with Crippen molar-refractivity contribution >= 4 is 41.1 Å². The Morgan fingerprint density at radius 1 is 1.07 bits per heavy atom. The molecule has 2 aromatic carbocycles. The third-order valence-electron chi connectivity index (χ3n) is 3.99. The number of amides is 2. The number of rotatable bonds is 7. The molecule has 144 valence electrons. The van der Waals surface area contributed by atoms with Gasteiger partial charge in [-0.05, 0) is 48.7 Å². The first-order valence-corrected chi connectivity index (χ1v) is 9.19. The van der Waals surface area contributed by atoms with Gasteiger partial charge in [0, 0.05) is 17.1 Å². The van der Waals surface area contributed by atoms with Gasteiger partial charge >= 0.3 is 5.97 Å². The van der Waals surface area contributed by atoms with E-state index in [1.807, 2.05) is 0 Å². The quantitative estimate of drug-likeness (QED) is 0.552. The highest BCUT2D eigenvalue weighted by Gasteiger charge is 2.25. The molecule has 3 rings (SSSR count). The van der Waals surface area contributed by atoms with Gasteiger partial charge < -0.3 is 15.4 Å². The van der Waals surface area contributed by atoms with Crippen molar-refractivity contribution in [1.29, 1.82) is 0 Å². The lowest BCUT2D eigenvalue weighted by molar-refractivity contribution is -0.142. The first-order chi connectivity index (χ1) is 13.5. The van der Waals surface area contributed by atoms with Gasteiger partial charge in [0.2, 0.25) is 0 Å². The minimum Gasteiger partial charge on any atom is -0.452 e. The molecule has 0 heterocycles. The van der Waals surface area contributed by atoms with E-state index >= 15 is 0 Å². The van der Waals surface area contributed by atoms with E-state index in [-0.39, 0.29) is 11.9 Å². The second-order valence-electron chi connectivity index (χ2n) is 6.33. The molecule has 28 heavy (non-hydrogen) atoms. The van der Waals surface area contributed by atoms with Crippen LogP contribution in [0, 0.1) is 0 Å². The average molecular weight is 399 g/mol. The summed E-state index contributed by atoms with van der Waals surface area (Å²) in [6.07, 6.45) is 4.74. The summed E-state index contributed by atoms with van der Waals surface area (Å²) in [4.78, 5) is 36.1. The largest absolute Gasteiger partial charge is 0.452 e. The molecule has 0 unspecified atom stereocenters. The number of para-hydroxylation sites is 1. The van der Waals surface area contributed by atoms with E-state index in [9.17, 15) is 14.4 Å². The molecule has 1 aliphatic rings. The van der Waals surface area contributed by atoms with Crippen LogP contribution in [0.25, 0.3) is 6.08 Å². The standard InChI is InChI=1S/C21H19ClN2O4/c22-15-8-5-14(6-9-15)7-12-20(26)28-13-19(25)24-18-4-2-1-3-17(18)21(27)23-16-10-11-16/h1-9,12,16H,10-11,13H2,(H,23,27)(H,24,25)/b12-7+. The molecule has 2 aromatic rings. The number of carbonyl (C=O) groups is 3. The zero-order chi connectivity index (χ0) is 19.9. The molecule has 1 fully saturated rings. The first-order valence-electron chi connectivity index (χ1n) is 8.81. The van der Waals surface area contributed by atoms with Gasteiger partial charge in [0.15, 0.2) is 6.61 Å². The lowest BCUT2D eigenvalue weighted by atomic mass is 10.1. The fourth-order valence-electron chi connectivity index (χ4n) is 2.39. The molecule has 1 aliphatic carbocycles. The smallest absolute Gasteiger partial charge is 0.331 e. The van der Waals surface area contributed by atoms with Crippen LogP contribution in [-0.2, 0) is 14.3 Å². The lowest BCUT2D eigenvalue weighted by Gasteiger charge is -2.11. The second kappa shape index (κ2) is 9.19. The number of nitrogens with one attached hydrogen (secondary N) is 2. The maximum Gasteiger partial charge on any atom is 0.331 e. The van der Waals surface area contributed by atoms with Gasteiger partial charge in [-0.2, -0.15) is 0 Å². The van der Waals surface area contributed by atoms with Crippen LogP contribution in [0.4, 0.5) is 5.69 Å². The zero-order valence-electron chi connectivity index (χ0n) is 15.0. The molecule has 0 atom stereocenters. The number of ether oxygens (including phenoxy) is 1. The van der Waals surface area contributed by atoms with Gasteiger partial charge in [-0.25, -0.2) is 4.79 Å². The summed E-state index contributed by atoms with van der Waals surface area (Å²) >= 11 is 5.80. The SMILES string of the molecule is O=C(COC(=O)/C=C/c1ccc(Cl)cc1)Nc1ccccc1C(=O)NC1CC1. The highest BCUT2D eigenvalue weighted by molar-refractivity contribution is 6.30. The molecule has 2 N–H and O–H groups in total. The van der Waals surface area contributed by atoms with Crippen LogP contribution in [0.2, 0.25) is 5.02 Å². The van der Waals surface area contributed by atoms with E-state index in [2.05, 4.69) is 10.6 Å². The van der Waals surface area contributed by atoms with Gasteiger partial charge in [-0.15, -0.1) is 0 Å². The Morgan fingerprint density at radius 2 is 1.79 bits per heavy atom. The molecule has 7 heteroatoms. The summed E-state index contributed by atoms with van der Waals surface area (Å²) in [5.41, 5.74) is 1.52. The number of halogens is 1. The van der Waals surface area contributed by atoms with E-state index in [4.69, 9.17) is 16.3 Å². The summed E-state index contributed by atoms with van der Waals surface area (Å²) in [5, 5.41) is 6.08. The minimum absolute atomic E-state index is 0.213. The normalized spacial score (nSPS) is 13.2. The minimum atomic E-state index is -0.648. The lowest BCUT2D eigenvalue weighted by Crippen LogP contribution is -2.27. The monoisotopic (exact) mass is 398 g/mol. The molecular weight excluding hydrogens is 380 g/mol. The Kier molecular flexibility index (Phi) is 6.45. The van der Waals surface area contributed by atoms with Gasteiger partial charge in [0.1, 0.15) is 0 Å². The van der Waals surface area contributed by atoms with Crippen molar-refractivity contribution in [2.75, 3.05) is 11.9 Å². The van der Waals surface area contributed by atoms with Crippen molar-refractivity contribution in [2.45, 2.75) is 18.9 Å². The van der Waals surface area contributed by atoms with Crippen molar-refractivity contribution in [2.24, 2.45) is 0 Å². The molecule has 0 aromatic heterocycles. The Bertz CT molecular complexity index is 905. The second-order valence-corrected chi connectivity index (χ2v) is 6.77. The van der Waals surface area contributed by atoms with Crippen molar-refractivity contribution in [3.8, 4) is 0 Å². The predicted octanol–water partition coefficient (Wildman–Crippen LogP) is 3.43. The fourth-order valence-corrected chi connectivity index (χ4v) is 2.52. The number of benzene rings is 2. The van der Waals surface area contributed by atoms with Crippen LogP contribution >= 0.6 is 11.6 Å². The van der Waals surface area contributed by atoms with E-state index < -0.39 is 18.5 Å². The fraction of sp³-hybridized carbons (Fsp3) is 0.190. The molecule has 0 bridgehead atoms. The number of esters is 1. The number of carbonyl (C=O) groups excluding carboxylic acids is 3. The van der Waals surface area contributed by atoms with Gasteiger partial charge in [0.05, 0.1) is 11.3 Å². The highest BCUT2D eigenvalue weighted by Crippen LogP contribution is 2.21. The Morgan fingerprint density at radius 3 is 2.50 bits per heavy atom. The molecular formula is C21H19ClN2O4. The molecule has 0 aliphatic heterocycles. The molecule has 6 nitrogen and oxygen atoms in total. The van der Waals surface area contributed by atoms with Crippen LogP contribution in [0.3, 0.4) is 0 Å². The topological polar surface area (TPSA) is 84.5 Å². The van der Waals surface area contributed by atoms with Crippen LogP contribution in [0.15, 0.2) is 54.6 Å². The summed E-state index contributed by atoms with van der Waals surface area (Å²) in [6, 6.07) is 13.8. The molecule has 1 saturated carbocycles. The predicted molar refractivity (Wildman–Crippen MR) is 107 cm³/mol. The summed E-state index contributed by atoms with van der Waals surface area (Å²) in [6.45, 7) is -0.456. The van der Waals surface area contributed by atoms with Crippen LogP contribution in [0.5, 0.6) is 0 Å². The summed E-state index contributed by atoms with van der Waals surface area (Å²) in [7, 11) is 0. The third-order valence-corrected chi connectivity index (χ3v) is 4.24. The van der Waals surface area contributed by atoms with Crippen molar-refractivity contribution < 1.29 is 19.1 Å². The van der Waals surface area contributed by atoms with Crippen LogP contribution < -0.4 is 10.6 Å². The van der Waals surface area contributed by atoms with E-state index in [0.717, 1.165) is 18.4 Å². The summed E-state index contributed by atoms with van der Waals surface area (Å²) < 4.78 is 4.93. The molecule has 0 radical (unpaired) electrons. The Labute approximate surface area is 167 Å². The molecule has 0 saturated heterocycles. The van der Waals surface area contributed by atoms with Crippen LogP contribution in [0.1, 0.15) is 28.8 Å². The van der Waals surface area contributed by atoms with Gasteiger partial charge in [0.25, 0.3) is 11.8 Å². The van der Waals surface area contributed by atoms with Gasteiger partial charge in [-0.3, -0.25) is 9.59 Å². The van der Waals surface area contributed by atoms with Gasteiger partial charge in [-0.1, -0.05) is 35.9 Å². The maximum absolute atomic E-state index is 12.2. The van der Waals surface area contributed by atoms with E-state index in [1.54, 1.807) is 54.6 Å². The third kappa shape index (κ3) is 5.96.